The number of carboxylic acids is 1. The zero-order chi connectivity index (χ0) is 13.9. The van der Waals surface area contributed by atoms with Crippen LogP contribution in [0.25, 0.3) is 0 Å². The third-order valence-electron chi connectivity index (χ3n) is 4.36. The first-order valence-corrected chi connectivity index (χ1v) is 8.67. The van der Waals surface area contributed by atoms with E-state index in [-0.39, 0.29) is 0 Å². The molecule has 0 aromatic heterocycles. The number of aliphatic carboxylic acids is 1. The fourth-order valence-corrected chi connectivity index (χ4v) is 4.38. The average molecular weight is 285 g/mol. The van der Waals surface area contributed by atoms with Gasteiger partial charge in [0, 0.05) is 11.3 Å². The molecule has 2 saturated carbocycles. The fraction of sp³-hybridized carbons (Fsp3) is 0.933. The topological polar surface area (TPSA) is 49.3 Å². The summed E-state index contributed by atoms with van der Waals surface area (Å²) < 4.78 is 0. The number of carboxylic acid groups (broad SMARTS) is 1. The second-order valence-corrected chi connectivity index (χ2v) is 8.03. The number of carbonyl (C=O) groups is 1. The zero-order valence-electron chi connectivity index (χ0n) is 12.2. The largest absolute Gasteiger partial charge is 0.480 e. The summed E-state index contributed by atoms with van der Waals surface area (Å²) in [5.41, 5.74) is -0.747. The van der Waals surface area contributed by atoms with Crippen molar-refractivity contribution in [3.8, 4) is 0 Å². The standard InChI is InChI=1S/C15H27NO2S/c1-11(19-10-12-5-3-4-6-12)9-15(2,14(17)18)16-13-7-8-13/h11-13,16H,3-10H2,1-2H3,(H,17,18). The van der Waals surface area contributed by atoms with Gasteiger partial charge in [-0.15, -0.1) is 0 Å². The summed E-state index contributed by atoms with van der Waals surface area (Å²) in [7, 11) is 0. The van der Waals surface area contributed by atoms with E-state index in [4.69, 9.17) is 0 Å². The average Bonchev–Trinajstić information content (AvgIpc) is 2.99. The lowest BCUT2D eigenvalue weighted by Crippen LogP contribution is -2.52. The molecule has 19 heavy (non-hydrogen) atoms. The molecule has 2 atom stereocenters. The van der Waals surface area contributed by atoms with E-state index in [2.05, 4.69) is 12.2 Å². The van der Waals surface area contributed by atoms with E-state index in [1.165, 1.54) is 31.4 Å². The molecule has 0 spiro atoms. The third-order valence-corrected chi connectivity index (χ3v) is 5.76. The van der Waals surface area contributed by atoms with E-state index in [1.54, 1.807) is 0 Å². The van der Waals surface area contributed by atoms with Crippen LogP contribution in [0.3, 0.4) is 0 Å². The minimum atomic E-state index is -0.747. The molecule has 0 aromatic rings. The van der Waals surface area contributed by atoms with Crippen molar-refractivity contribution in [2.45, 2.75) is 75.6 Å². The normalized spacial score (nSPS) is 25.2. The Bertz CT molecular complexity index is 313. The molecule has 0 bridgehead atoms. The van der Waals surface area contributed by atoms with Crippen LogP contribution in [-0.2, 0) is 4.79 Å². The Balaban J connectivity index is 1.76. The Morgan fingerprint density at radius 3 is 2.53 bits per heavy atom. The molecule has 2 rings (SSSR count). The molecule has 2 N–H and O–H groups in total. The van der Waals surface area contributed by atoms with Crippen molar-refractivity contribution in [3.63, 3.8) is 0 Å². The highest BCUT2D eigenvalue weighted by molar-refractivity contribution is 7.99. The molecule has 2 aliphatic carbocycles. The predicted octanol–water partition coefficient (Wildman–Crippen LogP) is 3.28. The van der Waals surface area contributed by atoms with Gasteiger partial charge in [0.15, 0.2) is 0 Å². The first-order valence-electron chi connectivity index (χ1n) is 7.62. The molecule has 0 aliphatic heterocycles. The lowest BCUT2D eigenvalue weighted by atomic mass is 9.96. The van der Waals surface area contributed by atoms with Crippen LogP contribution in [0.2, 0.25) is 0 Å². The number of rotatable bonds is 8. The molecule has 110 valence electrons. The van der Waals surface area contributed by atoms with Crippen LogP contribution in [-0.4, -0.2) is 33.7 Å². The third kappa shape index (κ3) is 4.67. The molecule has 0 heterocycles. The van der Waals surface area contributed by atoms with Crippen molar-refractivity contribution in [2.24, 2.45) is 5.92 Å². The van der Waals surface area contributed by atoms with Crippen LogP contribution in [0.4, 0.5) is 0 Å². The van der Waals surface area contributed by atoms with Gasteiger partial charge in [0.1, 0.15) is 5.54 Å². The molecule has 2 aliphatic rings. The van der Waals surface area contributed by atoms with Gasteiger partial charge >= 0.3 is 5.97 Å². The summed E-state index contributed by atoms with van der Waals surface area (Å²) in [5.74, 6) is 1.38. The highest BCUT2D eigenvalue weighted by atomic mass is 32.2. The lowest BCUT2D eigenvalue weighted by molar-refractivity contribution is -0.144. The maximum atomic E-state index is 11.5. The van der Waals surface area contributed by atoms with Gasteiger partial charge in [-0.1, -0.05) is 19.8 Å². The summed E-state index contributed by atoms with van der Waals surface area (Å²) in [4.78, 5) is 11.5. The zero-order valence-corrected chi connectivity index (χ0v) is 13.0. The second kappa shape index (κ2) is 6.49. The maximum Gasteiger partial charge on any atom is 0.323 e. The van der Waals surface area contributed by atoms with E-state index in [9.17, 15) is 9.90 Å². The summed E-state index contributed by atoms with van der Waals surface area (Å²) in [5, 5.41) is 13.2. The van der Waals surface area contributed by atoms with Crippen molar-refractivity contribution in [1.29, 1.82) is 0 Å². The van der Waals surface area contributed by atoms with Crippen LogP contribution >= 0.6 is 11.8 Å². The van der Waals surface area contributed by atoms with Crippen LogP contribution in [0.5, 0.6) is 0 Å². The summed E-state index contributed by atoms with van der Waals surface area (Å²) in [6, 6.07) is 0.438. The molecule has 0 amide bonds. The number of hydrogen-bond donors (Lipinski definition) is 2. The number of hydrogen-bond acceptors (Lipinski definition) is 3. The van der Waals surface area contributed by atoms with Crippen molar-refractivity contribution in [2.75, 3.05) is 5.75 Å². The highest BCUT2D eigenvalue weighted by Gasteiger charge is 2.39. The molecule has 0 saturated heterocycles. The van der Waals surface area contributed by atoms with Crippen molar-refractivity contribution >= 4 is 17.7 Å². The van der Waals surface area contributed by atoms with Gasteiger partial charge in [0.25, 0.3) is 0 Å². The minimum absolute atomic E-state index is 0.410. The fourth-order valence-electron chi connectivity index (χ4n) is 3.00. The van der Waals surface area contributed by atoms with E-state index >= 15 is 0 Å². The molecule has 0 radical (unpaired) electrons. The number of nitrogens with one attached hydrogen (secondary N) is 1. The molecule has 2 unspecified atom stereocenters. The van der Waals surface area contributed by atoms with E-state index in [0.29, 0.717) is 11.3 Å². The van der Waals surface area contributed by atoms with Crippen molar-refractivity contribution in [3.05, 3.63) is 0 Å². The van der Waals surface area contributed by atoms with Gasteiger partial charge < -0.3 is 5.11 Å². The molecular formula is C15H27NO2S. The summed E-state index contributed by atoms with van der Waals surface area (Å²) in [6.07, 6.45) is 8.49. The van der Waals surface area contributed by atoms with E-state index in [1.807, 2.05) is 18.7 Å². The Morgan fingerprint density at radius 1 is 1.37 bits per heavy atom. The smallest absolute Gasteiger partial charge is 0.323 e. The van der Waals surface area contributed by atoms with Crippen LogP contribution in [0.1, 0.15) is 58.8 Å². The van der Waals surface area contributed by atoms with E-state index in [0.717, 1.165) is 25.2 Å². The van der Waals surface area contributed by atoms with Gasteiger partial charge in [-0.2, -0.15) is 11.8 Å². The minimum Gasteiger partial charge on any atom is -0.480 e. The molecular weight excluding hydrogens is 258 g/mol. The Labute approximate surface area is 120 Å². The van der Waals surface area contributed by atoms with Crippen molar-refractivity contribution in [1.82, 2.24) is 5.32 Å². The Kier molecular flexibility index (Phi) is 5.18. The van der Waals surface area contributed by atoms with Crippen LogP contribution in [0, 0.1) is 5.92 Å². The van der Waals surface area contributed by atoms with Gasteiger partial charge in [0.2, 0.25) is 0 Å². The summed E-state index contributed by atoms with van der Waals surface area (Å²) in [6.45, 7) is 4.02. The van der Waals surface area contributed by atoms with Crippen LogP contribution in [0.15, 0.2) is 0 Å². The van der Waals surface area contributed by atoms with Gasteiger partial charge in [0.05, 0.1) is 0 Å². The van der Waals surface area contributed by atoms with Gasteiger partial charge in [-0.05, 0) is 50.7 Å². The number of thioether (sulfide) groups is 1. The SMILES string of the molecule is CC(CC(C)(NC1CC1)C(=O)O)SCC1CCCC1. The molecule has 4 heteroatoms. The molecule has 3 nitrogen and oxygen atoms in total. The first kappa shape index (κ1) is 15.2. The predicted molar refractivity (Wildman–Crippen MR) is 80.7 cm³/mol. The molecule has 0 aromatic carbocycles. The Hall–Kier alpha value is -0.220. The van der Waals surface area contributed by atoms with Gasteiger partial charge in [-0.25, -0.2) is 0 Å². The maximum absolute atomic E-state index is 11.5. The molecule has 2 fully saturated rings. The Morgan fingerprint density at radius 2 is 2.00 bits per heavy atom. The quantitative estimate of drug-likeness (QED) is 0.718. The summed E-state index contributed by atoms with van der Waals surface area (Å²) >= 11 is 1.96. The highest BCUT2D eigenvalue weighted by Crippen LogP contribution is 2.32. The monoisotopic (exact) mass is 285 g/mol. The van der Waals surface area contributed by atoms with Gasteiger partial charge in [-0.3, -0.25) is 10.1 Å². The second-order valence-electron chi connectivity index (χ2n) is 6.55. The van der Waals surface area contributed by atoms with Crippen molar-refractivity contribution < 1.29 is 9.90 Å². The van der Waals surface area contributed by atoms with E-state index < -0.39 is 11.5 Å². The lowest BCUT2D eigenvalue weighted by Gasteiger charge is -2.29. The first-order chi connectivity index (χ1) is 8.99. The van der Waals surface area contributed by atoms with Crippen LogP contribution < -0.4 is 5.32 Å².